The quantitative estimate of drug-likeness (QED) is 0.796. The van der Waals surface area contributed by atoms with Crippen LogP contribution in [-0.4, -0.2) is 17.9 Å². The van der Waals surface area contributed by atoms with Crippen molar-refractivity contribution in [2.75, 3.05) is 7.05 Å². The lowest BCUT2D eigenvalue weighted by atomic mass is 10.1. The average molecular weight is 302 g/mol. The van der Waals surface area contributed by atoms with Crippen molar-refractivity contribution < 1.29 is 4.79 Å². The lowest BCUT2D eigenvalue weighted by Crippen LogP contribution is -2.29. The minimum Gasteiger partial charge on any atom is -0.339 e. The molecule has 0 N–H and O–H groups in total. The number of hydrogen-bond acceptors (Lipinski definition) is 1. The van der Waals surface area contributed by atoms with Crippen molar-refractivity contribution >= 4 is 17.5 Å². The molecule has 0 spiro atoms. The Morgan fingerprint density at radius 3 is 2.33 bits per heavy atom. The standard InChI is InChI=1S/C18H20ClNO/c1-14(16-9-11-17(19)12-10-16)20(2)18(21)13-8-15-6-4-3-5-7-15/h3-7,9-12,14H,8,13H2,1-2H3. The number of benzene rings is 2. The van der Waals surface area contributed by atoms with Gasteiger partial charge in [0.05, 0.1) is 6.04 Å². The first kappa shape index (κ1) is 15.6. The van der Waals surface area contributed by atoms with Gasteiger partial charge in [0.1, 0.15) is 0 Å². The van der Waals surface area contributed by atoms with Crippen molar-refractivity contribution in [1.29, 1.82) is 0 Å². The van der Waals surface area contributed by atoms with Gasteiger partial charge in [0.15, 0.2) is 0 Å². The highest BCUT2D eigenvalue weighted by molar-refractivity contribution is 6.30. The van der Waals surface area contributed by atoms with Crippen LogP contribution in [0.15, 0.2) is 54.6 Å². The number of aryl methyl sites for hydroxylation is 1. The highest BCUT2D eigenvalue weighted by Gasteiger charge is 2.17. The van der Waals surface area contributed by atoms with Gasteiger partial charge >= 0.3 is 0 Å². The lowest BCUT2D eigenvalue weighted by molar-refractivity contribution is -0.131. The number of carbonyl (C=O) groups is 1. The zero-order valence-corrected chi connectivity index (χ0v) is 13.2. The van der Waals surface area contributed by atoms with Crippen molar-refractivity contribution in [3.05, 3.63) is 70.7 Å². The van der Waals surface area contributed by atoms with Crippen LogP contribution in [0.3, 0.4) is 0 Å². The molecule has 2 nitrogen and oxygen atoms in total. The molecule has 3 heteroatoms. The molecule has 2 rings (SSSR count). The Morgan fingerprint density at radius 1 is 1.10 bits per heavy atom. The maximum Gasteiger partial charge on any atom is 0.223 e. The first-order valence-corrected chi connectivity index (χ1v) is 7.51. The minimum absolute atomic E-state index is 0.0468. The van der Waals surface area contributed by atoms with E-state index < -0.39 is 0 Å². The third kappa shape index (κ3) is 4.33. The fraction of sp³-hybridized carbons (Fsp3) is 0.278. The van der Waals surface area contributed by atoms with Gasteiger partial charge in [-0.3, -0.25) is 4.79 Å². The van der Waals surface area contributed by atoms with E-state index in [4.69, 9.17) is 11.6 Å². The molecule has 0 fully saturated rings. The lowest BCUT2D eigenvalue weighted by Gasteiger charge is -2.25. The molecule has 0 aliphatic carbocycles. The molecular weight excluding hydrogens is 282 g/mol. The molecule has 21 heavy (non-hydrogen) atoms. The van der Waals surface area contributed by atoms with E-state index in [1.165, 1.54) is 5.56 Å². The maximum atomic E-state index is 12.3. The minimum atomic E-state index is 0.0468. The van der Waals surface area contributed by atoms with Crippen molar-refractivity contribution in [2.45, 2.75) is 25.8 Å². The van der Waals surface area contributed by atoms with Gasteiger partial charge in [0, 0.05) is 18.5 Å². The number of rotatable bonds is 5. The van der Waals surface area contributed by atoms with Gasteiger partial charge < -0.3 is 4.90 Å². The monoisotopic (exact) mass is 301 g/mol. The summed E-state index contributed by atoms with van der Waals surface area (Å²) in [6.45, 7) is 2.03. The molecule has 2 aromatic carbocycles. The van der Waals surface area contributed by atoms with Crippen LogP contribution in [0.1, 0.15) is 30.5 Å². The Kier molecular flexibility index (Phi) is 5.40. The van der Waals surface area contributed by atoms with Gasteiger partial charge in [-0.1, -0.05) is 54.1 Å². The first-order chi connectivity index (χ1) is 10.1. The molecular formula is C18H20ClNO. The van der Waals surface area contributed by atoms with Crippen LogP contribution < -0.4 is 0 Å². The first-order valence-electron chi connectivity index (χ1n) is 7.13. The molecule has 1 unspecified atom stereocenters. The van der Waals surface area contributed by atoms with E-state index in [1.54, 1.807) is 4.90 Å². The van der Waals surface area contributed by atoms with Crippen LogP contribution in [0.4, 0.5) is 0 Å². The highest BCUT2D eigenvalue weighted by Crippen LogP contribution is 2.21. The molecule has 0 radical (unpaired) electrons. The molecule has 110 valence electrons. The Bertz CT molecular complexity index is 580. The number of amides is 1. The van der Waals surface area contributed by atoms with E-state index in [1.807, 2.05) is 56.4 Å². The molecule has 0 aliphatic heterocycles. The molecule has 0 heterocycles. The Morgan fingerprint density at radius 2 is 1.71 bits per heavy atom. The second-order valence-corrected chi connectivity index (χ2v) is 5.65. The fourth-order valence-electron chi connectivity index (χ4n) is 2.25. The van der Waals surface area contributed by atoms with E-state index in [0.29, 0.717) is 11.4 Å². The van der Waals surface area contributed by atoms with E-state index >= 15 is 0 Å². The topological polar surface area (TPSA) is 20.3 Å². The summed E-state index contributed by atoms with van der Waals surface area (Å²) in [7, 11) is 1.85. The Hall–Kier alpha value is -1.80. The third-order valence-corrected chi connectivity index (χ3v) is 4.05. The summed E-state index contributed by atoms with van der Waals surface area (Å²) in [6.07, 6.45) is 1.30. The third-order valence-electron chi connectivity index (χ3n) is 3.80. The smallest absolute Gasteiger partial charge is 0.223 e. The second-order valence-electron chi connectivity index (χ2n) is 5.22. The van der Waals surface area contributed by atoms with Crippen molar-refractivity contribution in [2.24, 2.45) is 0 Å². The van der Waals surface area contributed by atoms with Gasteiger partial charge in [-0.25, -0.2) is 0 Å². The fourth-order valence-corrected chi connectivity index (χ4v) is 2.38. The molecule has 0 bridgehead atoms. The molecule has 0 aliphatic rings. The van der Waals surface area contributed by atoms with Gasteiger partial charge in [-0.2, -0.15) is 0 Å². The molecule has 0 saturated heterocycles. The van der Waals surface area contributed by atoms with Crippen LogP contribution in [-0.2, 0) is 11.2 Å². The maximum absolute atomic E-state index is 12.3. The summed E-state index contributed by atoms with van der Waals surface area (Å²) < 4.78 is 0. The molecule has 2 aromatic rings. The Balaban J connectivity index is 1.94. The summed E-state index contributed by atoms with van der Waals surface area (Å²) in [5, 5.41) is 0.712. The van der Waals surface area contributed by atoms with Gasteiger partial charge in [0.2, 0.25) is 5.91 Å². The summed E-state index contributed by atoms with van der Waals surface area (Å²) in [5.41, 5.74) is 2.29. The number of nitrogens with zero attached hydrogens (tertiary/aromatic N) is 1. The van der Waals surface area contributed by atoms with Crippen LogP contribution in [0.5, 0.6) is 0 Å². The number of hydrogen-bond donors (Lipinski definition) is 0. The van der Waals surface area contributed by atoms with Crippen molar-refractivity contribution in [3.63, 3.8) is 0 Å². The van der Waals surface area contributed by atoms with E-state index in [-0.39, 0.29) is 11.9 Å². The van der Waals surface area contributed by atoms with Crippen LogP contribution in [0, 0.1) is 0 Å². The van der Waals surface area contributed by atoms with Crippen molar-refractivity contribution in [3.8, 4) is 0 Å². The zero-order valence-electron chi connectivity index (χ0n) is 12.4. The summed E-state index contributed by atoms with van der Waals surface area (Å²) in [6, 6.07) is 17.8. The van der Waals surface area contributed by atoms with Crippen LogP contribution >= 0.6 is 11.6 Å². The summed E-state index contributed by atoms with van der Waals surface area (Å²) in [4.78, 5) is 14.1. The van der Waals surface area contributed by atoms with Gasteiger partial charge in [0.25, 0.3) is 0 Å². The molecule has 0 aromatic heterocycles. The Labute approximate surface area is 131 Å². The van der Waals surface area contributed by atoms with Crippen LogP contribution in [0.25, 0.3) is 0 Å². The van der Waals surface area contributed by atoms with E-state index in [2.05, 4.69) is 12.1 Å². The highest BCUT2D eigenvalue weighted by atomic mass is 35.5. The SMILES string of the molecule is CC(c1ccc(Cl)cc1)N(C)C(=O)CCc1ccccc1. The number of carbonyl (C=O) groups excluding carboxylic acids is 1. The normalized spacial score (nSPS) is 12.0. The van der Waals surface area contributed by atoms with E-state index in [0.717, 1.165) is 12.0 Å². The van der Waals surface area contributed by atoms with E-state index in [9.17, 15) is 4.79 Å². The zero-order chi connectivity index (χ0) is 15.2. The predicted octanol–water partition coefficient (Wildman–Crippen LogP) is 4.49. The summed E-state index contributed by atoms with van der Waals surface area (Å²) >= 11 is 5.90. The van der Waals surface area contributed by atoms with Crippen molar-refractivity contribution in [1.82, 2.24) is 4.90 Å². The summed E-state index contributed by atoms with van der Waals surface area (Å²) in [5.74, 6) is 0.154. The number of halogens is 1. The van der Waals surface area contributed by atoms with Gasteiger partial charge in [-0.05, 0) is 36.6 Å². The molecule has 0 saturated carbocycles. The van der Waals surface area contributed by atoms with Gasteiger partial charge in [-0.15, -0.1) is 0 Å². The second kappa shape index (κ2) is 7.28. The predicted molar refractivity (Wildman–Crippen MR) is 87.4 cm³/mol. The average Bonchev–Trinajstić information content (AvgIpc) is 2.53. The largest absolute Gasteiger partial charge is 0.339 e. The molecule has 1 amide bonds. The molecule has 1 atom stereocenters. The van der Waals surface area contributed by atoms with Crippen LogP contribution in [0.2, 0.25) is 5.02 Å².